The van der Waals surface area contributed by atoms with Crippen LogP contribution in [0.1, 0.15) is 12.0 Å². The second-order valence-corrected chi connectivity index (χ2v) is 6.48. The highest BCUT2D eigenvalue weighted by Crippen LogP contribution is 2.28. The molecule has 1 aliphatic heterocycles. The lowest BCUT2D eigenvalue weighted by molar-refractivity contribution is 0.138. The van der Waals surface area contributed by atoms with Crippen LogP contribution in [0.25, 0.3) is 10.9 Å². The van der Waals surface area contributed by atoms with E-state index in [0.717, 1.165) is 12.0 Å². The van der Waals surface area contributed by atoms with Gasteiger partial charge < -0.3 is 14.8 Å². The van der Waals surface area contributed by atoms with E-state index in [2.05, 4.69) is 15.3 Å². The highest BCUT2D eigenvalue weighted by atomic mass is 35.5. The first kappa shape index (κ1) is 17.0. The van der Waals surface area contributed by atoms with Crippen LogP contribution in [0.2, 0.25) is 5.02 Å². The molecule has 1 aromatic carbocycles. The molecule has 0 saturated carbocycles. The number of fused-ring (bicyclic) bond motifs is 1. The number of hydrogen-bond acceptors (Lipinski definition) is 5. The molecule has 1 atom stereocenters. The van der Waals surface area contributed by atoms with Gasteiger partial charge >= 0.3 is 0 Å². The van der Waals surface area contributed by atoms with E-state index in [0.29, 0.717) is 41.7 Å². The molecule has 0 bridgehead atoms. The topological polar surface area (TPSA) is 56.3 Å². The highest BCUT2D eigenvalue weighted by Gasteiger charge is 2.17. The summed E-state index contributed by atoms with van der Waals surface area (Å²) in [5, 5.41) is 4.17. The van der Waals surface area contributed by atoms with Gasteiger partial charge in [-0.15, -0.1) is 0 Å². The minimum absolute atomic E-state index is 0.0412. The maximum absolute atomic E-state index is 14.7. The van der Waals surface area contributed by atoms with Crippen molar-refractivity contribution in [1.82, 2.24) is 9.97 Å². The van der Waals surface area contributed by atoms with Gasteiger partial charge in [-0.3, -0.25) is 4.98 Å². The van der Waals surface area contributed by atoms with Crippen LogP contribution in [0.5, 0.6) is 5.88 Å². The molecule has 3 aromatic rings. The van der Waals surface area contributed by atoms with Crippen LogP contribution in [0, 0.1) is 5.82 Å². The van der Waals surface area contributed by atoms with Crippen molar-refractivity contribution in [1.29, 1.82) is 0 Å². The van der Waals surface area contributed by atoms with Gasteiger partial charge in [0.2, 0.25) is 5.88 Å². The summed E-state index contributed by atoms with van der Waals surface area (Å²) < 4.78 is 25.8. The molecule has 134 valence electrons. The van der Waals surface area contributed by atoms with E-state index in [-0.39, 0.29) is 11.6 Å². The Hall–Kier alpha value is -2.44. The van der Waals surface area contributed by atoms with Crippen LogP contribution in [0.15, 0.2) is 42.7 Å². The van der Waals surface area contributed by atoms with Gasteiger partial charge in [-0.2, -0.15) is 0 Å². The number of benzene rings is 1. The first-order valence-electron chi connectivity index (χ1n) is 8.36. The first-order chi connectivity index (χ1) is 12.7. The second kappa shape index (κ2) is 7.43. The summed E-state index contributed by atoms with van der Waals surface area (Å²) >= 11 is 6.08. The van der Waals surface area contributed by atoms with E-state index in [9.17, 15) is 4.39 Å². The average Bonchev–Trinajstić information content (AvgIpc) is 3.15. The Balaban J connectivity index is 1.48. The Morgan fingerprint density at radius 2 is 2.12 bits per heavy atom. The lowest BCUT2D eigenvalue weighted by Gasteiger charge is -2.13. The molecule has 1 N–H and O–H groups in total. The quantitative estimate of drug-likeness (QED) is 0.726. The number of rotatable bonds is 5. The molecule has 26 heavy (non-hydrogen) atoms. The molecule has 0 radical (unpaired) electrons. The summed E-state index contributed by atoms with van der Waals surface area (Å²) in [4.78, 5) is 8.31. The number of halogens is 2. The second-order valence-electron chi connectivity index (χ2n) is 6.08. The molecule has 1 saturated heterocycles. The molecule has 3 heterocycles. The van der Waals surface area contributed by atoms with E-state index in [1.165, 1.54) is 6.20 Å². The van der Waals surface area contributed by atoms with Crippen molar-refractivity contribution < 1.29 is 13.9 Å². The molecular formula is C19H17ClFN3O2. The fourth-order valence-corrected chi connectivity index (χ4v) is 3.09. The molecule has 1 unspecified atom stereocenters. The predicted octanol–water partition coefficient (Wildman–Crippen LogP) is 4.20. The fourth-order valence-electron chi connectivity index (χ4n) is 2.89. The van der Waals surface area contributed by atoms with Crippen molar-refractivity contribution >= 4 is 28.2 Å². The summed E-state index contributed by atoms with van der Waals surface area (Å²) in [6.07, 6.45) is 4.08. The lowest BCUT2D eigenvalue weighted by Crippen LogP contribution is -2.16. The average molecular weight is 374 g/mol. The van der Waals surface area contributed by atoms with Crippen LogP contribution in [0.3, 0.4) is 0 Å². The smallest absolute Gasteiger partial charge is 0.213 e. The maximum atomic E-state index is 14.7. The third kappa shape index (κ3) is 3.57. The zero-order valence-electron chi connectivity index (χ0n) is 13.9. The number of hydrogen-bond donors (Lipinski definition) is 1. The van der Waals surface area contributed by atoms with E-state index >= 15 is 0 Å². The largest absolute Gasteiger partial charge is 0.472 e. The van der Waals surface area contributed by atoms with Crippen molar-refractivity contribution in [2.45, 2.75) is 19.1 Å². The minimum atomic E-state index is -0.418. The molecule has 0 aliphatic carbocycles. The fraction of sp³-hybridized carbons (Fsp3) is 0.263. The maximum Gasteiger partial charge on any atom is 0.213 e. The number of aromatic nitrogens is 2. The SMILES string of the molecule is Fc1c(NCc2ccnc(OC3CCOC3)c2)ccc2c(Cl)ccnc12. The van der Waals surface area contributed by atoms with Gasteiger partial charge in [0.05, 0.1) is 23.9 Å². The Morgan fingerprint density at radius 1 is 1.23 bits per heavy atom. The van der Waals surface area contributed by atoms with E-state index in [1.54, 1.807) is 24.4 Å². The van der Waals surface area contributed by atoms with Crippen molar-refractivity contribution in [2.75, 3.05) is 18.5 Å². The van der Waals surface area contributed by atoms with Crippen molar-refractivity contribution in [3.8, 4) is 5.88 Å². The minimum Gasteiger partial charge on any atom is -0.472 e. The first-order valence-corrected chi connectivity index (χ1v) is 8.74. The zero-order valence-corrected chi connectivity index (χ0v) is 14.7. The van der Waals surface area contributed by atoms with Crippen molar-refractivity contribution in [3.05, 3.63) is 59.1 Å². The van der Waals surface area contributed by atoms with Crippen molar-refractivity contribution in [2.24, 2.45) is 0 Å². The van der Waals surface area contributed by atoms with E-state index in [4.69, 9.17) is 21.1 Å². The molecule has 0 spiro atoms. The third-order valence-corrected chi connectivity index (χ3v) is 4.59. The van der Waals surface area contributed by atoms with Gasteiger partial charge in [-0.05, 0) is 29.8 Å². The number of pyridine rings is 2. The normalized spacial score (nSPS) is 16.8. The molecule has 4 rings (SSSR count). The molecule has 5 nitrogen and oxygen atoms in total. The summed E-state index contributed by atoms with van der Waals surface area (Å²) in [5.41, 5.74) is 1.56. The Labute approximate surface area is 155 Å². The molecule has 1 aliphatic rings. The van der Waals surface area contributed by atoms with Gasteiger partial charge in [0.25, 0.3) is 0 Å². The van der Waals surface area contributed by atoms with Gasteiger partial charge in [0.1, 0.15) is 11.6 Å². The Bertz CT molecular complexity index is 932. The summed E-state index contributed by atoms with van der Waals surface area (Å²) in [6, 6.07) is 8.78. The highest BCUT2D eigenvalue weighted by molar-refractivity contribution is 6.35. The summed E-state index contributed by atoms with van der Waals surface area (Å²) in [7, 11) is 0. The lowest BCUT2D eigenvalue weighted by atomic mass is 10.2. The molecule has 2 aromatic heterocycles. The van der Waals surface area contributed by atoms with Gasteiger partial charge in [-0.1, -0.05) is 11.6 Å². The van der Waals surface area contributed by atoms with E-state index < -0.39 is 5.82 Å². The number of nitrogens with one attached hydrogen (secondary N) is 1. The standard InChI is InChI=1S/C19H17ClFN3O2/c20-15-4-7-23-19-14(15)1-2-16(18(19)21)24-10-12-3-6-22-17(9-12)26-13-5-8-25-11-13/h1-4,6-7,9,13,24H,5,8,10-11H2. The zero-order chi connectivity index (χ0) is 17.9. The molecular weight excluding hydrogens is 357 g/mol. The summed E-state index contributed by atoms with van der Waals surface area (Å²) in [6.45, 7) is 1.73. The monoisotopic (exact) mass is 373 g/mol. The number of anilines is 1. The van der Waals surface area contributed by atoms with Crippen LogP contribution in [-0.2, 0) is 11.3 Å². The molecule has 1 fully saturated rings. The number of ether oxygens (including phenoxy) is 2. The van der Waals surface area contributed by atoms with Gasteiger partial charge in [0, 0.05) is 36.8 Å². The van der Waals surface area contributed by atoms with Crippen LogP contribution < -0.4 is 10.1 Å². The van der Waals surface area contributed by atoms with Gasteiger partial charge in [0.15, 0.2) is 5.82 Å². The van der Waals surface area contributed by atoms with Crippen LogP contribution in [-0.4, -0.2) is 29.3 Å². The van der Waals surface area contributed by atoms with Crippen molar-refractivity contribution in [3.63, 3.8) is 0 Å². The third-order valence-electron chi connectivity index (χ3n) is 4.26. The Kier molecular flexibility index (Phi) is 4.86. The molecule has 0 amide bonds. The van der Waals surface area contributed by atoms with Crippen LogP contribution >= 0.6 is 11.6 Å². The predicted molar refractivity (Wildman–Crippen MR) is 98.1 cm³/mol. The van der Waals surface area contributed by atoms with E-state index in [1.807, 2.05) is 12.1 Å². The van der Waals surface area contributed by atoms with Gasteiger partial charge in [-0.25, -0.2) is 9.37 Å². The Morgan fingerprint density at radius 3 is 2.96 bits per heavy atom. The van der Waals surface area contributed by atoms with Crippen LogP contribution in [0.4, 0.5) is 10.1 Å². The number of nitrogens with zero attached hydrogens (tertiary/aromatic N) is 2. The molecule has 7 heteroatoms. The summed E-state index contributed by atoms with van der Waals surface area (Å²) in [5.74, 6) is 0.130.